The molecule has 6 heteroatoms. The third kappa shape index (κ3) is 4.53. The van der Waals surface area contributed by atoms with E-state index >= 15 is 0 Å². The molecule has 0 radical (unpaired) electrons. The lowest BCUT2D eigenvalue weighted by molar-refractivity contribution is -0.124. The van der Waals surface area contributed by atoms with Crippen molar-refractivity contribution < 1.29 is 14.3 Å². The number of aryl methyl sites for hydroxylation is 1. The number of benzene rings is 2. The number of hydrogen-bond acceptors (Lipinski definition) is 4. The lowest BCUT2D eigenvalue weighted by atomic mass is 9.88. The minimum Gasteiger partial charge on any atom is -0.490 e. The van der Waals surface area contributed by atoms with Crippen LogP contribution in [-0.2, 0) is 11.2 Å². The van der Waals surface area contributed by atoms with Crippen LogP contribution in [0, 0.1) is 11.3 Å². The van der Waals surface area contributed by atoms with Crippen LogP contribution in [0.5, 0.6) is 11.5 Å². The summed E-state index contributed by atoms with van der Waals surface area (Å²) in [5.41, 5.74) is 2.83. The van der Waals surface area contributed by atoms with Crippen LogP contribution in [0.15, 0.2) is 36.4 Å². The number of nitriles is 1. The molecule has 5 nitrogen and oxygen atoms in total. The minimum absolute atomic E-state index is 0.00570. The normalized spacial score (nSPS) is 15.4. The van der Waals surface area contributed by atoms with Gasteiger partial charge in [-0.05, 0) is 43.4 Å². The molecule has 3 rings (SSSR count). The summed E-state index contributed by atoms with van der Waals surface area (Å²) in [5.74, 6) is 0.411. The molecule has 0 aromatic heterocycles. The van der Waals surface area contributed by atoms with Crippen LogP contribution < -0.4 is 14.8 Å². The molecule has 27 heavy (non-hydrogen) atoms. The first-order chi connectivity index (χ1) is 13.1. The number of nitrogens with one attached hydrogen (secondary N) is 1. The highest BCUT2D eigenvalue weighted by atomic mass is 35.5. The number of halogens is 1. The van der Waals surface area contributed by atoms with E-state index in [9.17, 15) is 4.79 Å². The molecule has 1 N–H and O–H groups in total. The molecule has 2 aromatic carbocycles. The van der Waals surface area contributed by atoms with Crippen molar-refractivity contribution in [1.82, 2.24) is 5.32 Å². The minimum atomic E-state index is -0.223. The highest BCUT2D eigenvalue weighted by Gasteiger charge is 2.22. The van der Waals surface area contributed by atoms with Gasteiger partial charge in [0.15, 0.2) is 18.1 Å². The number of ether oxygens (including phenoxy) is 2. The fourth-order valence-electron chi connectivity index (χ4n) is 3.31. The lowest BCUT2D eigenvalue weighted by Crippen LogP contribution is -2.34. The van der Waals surface area contributed by atoms with Crippen molar-refractivity contribution in [2.45, 2.75) is 32.2 Å². The predicted molar refractivity (Wildman–Crippen MR) is 103 cm³/mol. The van der Waals surface area contributed by atoms with E-state index in [1.54, 1.807) is 6.07 Å². The lowest BCUT2D eigenvalue weighted by Gasteiger charge is -2.26. The van der Waals surface area contributed by atoms with E-state index in [1.165, 1.54) is 17.2 Å². The van der Waals surface area contributed by atoms with E-state index in [4.69, 9.17) is 26.3 Å². The highest BCUT2D eigenvalue weighted by molar-refractivity contribution is 6.32. The fourth-order valence-corrected chi connectivity index (χ4v) is 3.58. The maximum Gasteiger partial charge on any atom is 0.258 e. The van der Waals surface area contributed by atoms with E-state index in [2.05, 4.69) is 17.4 Å². The van der Waals surface area contributed by atoms with Gasteiger partial charge in [-0.3, -0.25) is 4.79 Å². The van der Waals surface area contributed by atoms with Gasteiger partial charge >= 0.3 is 0 Å². The Morgan fingerprint density at radius 2 is 2.15 bits per heavy atom. The van der Waals surface area contributed by atoms with Gasteiger partial charge in [-0.1, -0.05) is 35.9 Å². The Morgan fingerprint density at radius 1 is 1.33 bits per heavy atom. The Bertz CT molecular complexity index is 876. The molecule has 0 unspecified atom stereocenters. The Hall–Kier alpha value is -2.71. The van der Waals surface area contributed by atoms with Crippen LogP contribution in [0.4, 0.5) is 0 Å². The molecule has 0 aliphatic heterocycles. The van der Waals surface area contributed by atoms with Crippen LogP contribution in [0.2, 0.25) is 5.02 Å². The van der Waals surface area contributed by atoms with Crippen molar-refractivity contribution in [3.63, 3.8) is 0 Å². The summed E-state index contributed by atoms with van der Waals surface area (Å²) < 4.78 is 11.1. The van der Waals surface area contributed by atoms with Crippen LogP contribution in [0.3, 0.4) is 0 Å². The van der Waals surface area contributed by atoms with E-state index in [1.807, 2.05) is 25.1 Å². The fraction of sp³-hybridized carbons (Fsp3) is 0.333. The molecule has 1 aliphatic rings. The van der Waals surface area contributed by atoms with Gasteiger partial charge in [-0.25, -0.2) is 0 Å². The number of hydrogen-bond donors (Lipinski definition) is 1. The standard InChI is InChI=1S/C21H21ClN2O3/c1-2-26-19-11-14(12-23)10-17(22)21(19)27-13-20(25)24-18-9-5-7-15-6-3-4-8-16(15)18/h3-4,6,8,10-11,18H,2,5,7,9,13H2,1H3,(H,24,25)/t18-/m0/s1. The first-order valence-corrected chi connectivity index (χ1v) is 9.36. The zero-order chi connectivity index (χ0) is 19.2. The van der Waals surface area contributed by atoms with Gasteiger partial charge in [0.25, 0.3) is 5.91 Å². The average Bonchev–Trinajstić information content (AvgIpc) is 2.67. The topological polar surface area (TPSA) is 71.3 Å². The van der Waals surface area contributed by atoms with E-state index in [0.717, 1.165) is 19.3 Å². The summed E-state index contributed by atoms with van der Waals surface area (Å²) in [6.07, 6.45) is 2.99. The zero-order valence-corrected chi connectivity index (χ0v) is 15.9. The van der Waals surface area contributed by atoms with E-state index in [0.29, 0.717) is 17.9 Å². The quantitative estimate of drug-likeness (QED) is 0.810. The molecule has 1 aliphatic carbocycles. The monoisotopic (exact) mass is 384 g/mol. The maximum atomic E-state index is 12.4. The van der Waals surface area contributed by atoms with Gasteiger partial charge in [0.1, 0.15) is 0 Å². The maximum absolute atomic E-state index is 12.4. The first kappa shape index (κ1) is 19.1. The van der Waals surface area contributed by atoms with Crippen molar-refractivity contribution in [2.24, 2.45) is 0 Å². The first-order valence-electron chi connectivity index (χ1n) is 8.98. The Balaban J connectivity index is 1.68. The molecule has 140 valence electrons. The molecule has 0 spiro atoms. The summed E-state index contributed by atoms with van der Waals surface area (Å²) in [5, 5.41) is 12.3. The van der Waals surface area contributed by atoms with Crippen LogP contribution >= 0.6 is 11.6 Å². The van der Waals surface area contributed by atoms with Gasteiger partial charge in [0.05, 0.1) is 29.3 Å². The van der Waals surface area contributed by atoms with Crippen molar-refractivity contribution >= 4 is 17.5 Å². The molecule has 0 saturated carbocycles. The molecule has 0 saturated heterocycles. The molecule has 0 fully saturated rings. The predicted octanol–water partition coefficient (Wildman–Crippen LogP) is 4.18. The Labute approximate surface area is 163 Å². The summed E-state index contributed by atoms with van der Waals surface area (Å²) >= 11 is 6.20. The third-order valence-corrected chi connectivity index (χ3v) is 4.77. The zero-order valence-electron chi connectivity index (χ0n) is 15.1. The van der Waals surface area contributed by atoms with Crippen LogP contribution in [0.25, 0.3) is 0 Å². The van der Waals surface area contributed by atoms with Crippen molar-refractivity contribution in [2.75, 3.05) is 13.2 Å². The summed E-state index contributed by atoms with van der Waals surface area (Å²) in [7, 11) is 0. The summed E-state index contributed by atoms with van der Waals surface area (Å²) in [6, 6.07) is 13.2. The number of nitrogens with zero attached hydrogens (tertiary/aromatic N) is 1. The molecule has 1 amide bonds. The Kier molecular flexibility index (Phi) is 6.20. The molecule has 0 bridgehead atoms. The van der Waals surface area contributed by atoms with Crippen molar-refractivity contribution in [3.8, 4) is 17.6 Å². The SMILES string of the molecule is CCOc1cc(C#N)cc(Cl)c1OCC(=O)N[C@H]1CCCc2ccccc21. The largest absolute Gasteiger partial charge is 0.490 e. The van der Waals surface area contributed by atoms with Crippen molar-refractivity contribution in [1.29, 1.82) is 5.26 Å². The summed E-state index contributed by atoms with van der Waals surface area (Å²) in [6.45, 7) is 2.04. The number of fused-ring (bicyclic) bond motifs is 1. The van der Waals surface area contributed by atoms with Gasteiger partial charge in [-0.2, -0.15) is 5.26 Å². The number of carbonyl (C=O) groups excluding carboxylic acids is 1. The Morgan fingerprint density at radius 3 is 2.93 bits per heavy atom. The van der Waals surface area contributed by atoms with E-state index in [-0.39, 0.29) is 29.3 Å². The third-order valence-electron chi connectivity index (χ3n) is 4.49. The molecular weight excluding hydrogens is 364 g/mol. The second-order valence-corrected chi connectivity index (χ2v) is 6.74. The second kappa shape index (κ2) is 8.79. The average molecular weight is 385 g/mol. The molecule has 0 heterocycles. The van der Waals surface area contributed by atoms with E-state index < -0.39 is 0 Å². The van der Waals surface area contributed by atoms with Crippen LogP contribution in [-0.4, -0.2) is 19.1 Å². The molecular formula is C21H21ClN2O3. The van der Waals surface area contributed by atoms with Gasteiger partial charge in [-0.15, -0.1) is 0 Å². The highest BCUT2D eigenvalue weighted by Crippen LogP contribution is 2.36. The van der Waals surface area contributed by atoms with Gasteiger partial charge in [0.2, 0.25) is 0 Å². The summed E-state index contributed by atoms with van der Waals surface area (Å²) in [4.78, 5) is 12.4. The molecule has 2 aromatic rings. The van der Waals surface area contributed by atoms with Gasteiger partial charge in [0, 0.05) is 6.07 Å². The van der Waals surface area contributed by atoms with Crippen LogP contribution in [0.1, 0.15) is 42.5 Å². The smallest absolute Gasteiger partial charge is 0.258 e. The second-order valence-electron chi connectivity index (χ2n) is 6.33. The number of amides is 1. The number of carbonyl (C=O) groups is 1. The van der Waals surface area contributed by atoms with Crippen molar-refractivity contribution in [3.05, 3.63) is 58.1 Å². The molecule has 1 atom stereocenters. The van der Waals surface area contributed by atoms with Gasteiger partial charge < -0.3 is 14.8 Å². The number of rotatable bonds is 6.